The van der Waals surface area contributed by atoms with Gasteiger partial charge in [0.1, 0.15) is 0 Å². The maximum atomic E-state index is 13.6. The number of hydrogen-bond donors (Lipinski definition) is 2. The molecule has 0 bridgehead atoms. The van der Waals surface area contributed by atoms with Crippen LogP contribution in [0.5, 0.6) is 11.5 Å². The predicted molar refractivity (Wildman–Crippen MR) is 222 cm³/mol. The van der Waals surface area contributed by atoms with Gasteiger partial charge in [-0.3, -0.25) is 0 Å². The van der Waals surface area contributed by atoms with E-state index in [1.54, 1.807) is 0 Å². The normalized spacial score (nSPS) is 13.4. The van der Waals surface area contributed by atoms with Crippen LogP contribution < -0.4 is 30.3 Å². The van der Waals surface area contributed by atoms with Crippen molar-refractivity contribution in [3.05, 3.63) is 179 Å². The number of para-hydroxylation sites is 2. The minimum atomic E-state index is -4.91. The van der Waals surface area contributed by atoms with Gasteiger partial charge < -0.3 is 0 Å². The van der Waals surface area contributed by atoms with Crippen LogP contribution in [-0.4, -0.2) is 23.0 Å². The van der Waals surface area contributed by atoms with E-state index in [1.807, 2.05) is 187 Å². The van der Waals surface area contributed by atoms with Crippen molar-refractivity contribution in [2.75, 3.05) is 13.2 Å². The quantitative estimate of drug-likeness (QED) is 0.0855. The zero-order valence-corrected chi connectivity index (χ0v) is 33.2. The Balaban J connectivity index is 1.44. The zero-order chi connectivity index (χ0) is 37.7. The van der Waals surface area contributed by atoms with Crippen LogP contribution >= 0.6 is 14.6 Å². The summed E-state index contributed by atoms with van der Waals surface area (Å²) in [4.78, 5) is 27.2. The maximum absolute atomic E-state index is 13.6. The molecule has 0 radical (unpaired) electrons. The summed E-state index contributed by atoms with van der Waals surface area (Å²) in [7, 11) is -9.81. The van der Waals surface area contributed by atoms with Gasteiger partial charge in [0.2, 0.25) is 0 Å². The first kappa shape index (κ1) is 38.3. The summed E-state index contributed by atoms with van der Waals surface area (Å²) in [6.45, 7) is 11.8. The summed E-state index contributed by atoms with van der Waals surface area (Å²) in [5, 5.41) is 2.34. The van der Waals surface area contributed by atoms with Crippen LogP contribution in [0.25, 0.3) is 0 Å². The van der Waals surface area contributed by atoms with Gasteiger partial charge in [-0.25, -0.2) is 0 Å². The van der Waals surface area contributed by atoms with Crippen molar-refractivity contribution in [3.8, 4) is 11.5 Å². The summed E-state index contributed by atoms with van der Waals surface area (Å²) in [6.07, 6.45) is 0.292. The van der Waals surface area contributed by atoms with Crippen LogP contribution in [0.1, 0.15) is 39.8 Å². The van der Waals surface area contributed by atoms with Crippen LogP contribution in [0.4, 0.5) is 0 Å². The van der Waals surface area contributed by atoms with Gasteiger partial charge in [-0.05, 0) is 0 Å². The van der Waals surface area contributed by atoms with Crippen molar-refractivity contribution in [1.82, 2.24) is 0 Å². The van der Waals surface area contributed by atoms with Crippen molar-refractivity contribution >= 4 is 35.8 Å². The van der Waals surface area contributed by atoms with Crippen LogP contribution in [-0.2, 0) is 9.05 Å². The van der Waals surface area contributed by atoms with Gasteiger partial charge >= 0.3 is 315 Å². The molecule has 0 saturated heterocycles. The third-order valence-corrected chi connectivity index (χ3v) is 17.6. The molecule has 6 rings (SSSR count). The minimum absolute atomic E-state index is 0.0429. The van der Waals surface area contributed by atoms with E-state index < -0.39 is 14.6 Å². The molecule has 0 fully saturated rings. The Morgan fingerprint density at radius 1 is 0.358 bits per heavy atom. The first-order chi connectivity index (χ1) is 25.4. The van der Waals surface area contributed by atoms with Gasteiger partial charge in [0, 0.05) is 0 Å². The van der Waals surface area contributed by atoms with Crippen molar-refractivity contribution in [3.63, 3.8) is 0 Å². The van der Waals surface area contributed by atoms with Gasteiger partial charge in [-0.1, -0.05) is 0 Å². The monoisotopic (exact) mass is 748 g/mol. The molecule has 0 amide bonds. The second kappa shape index (κ2) is 15.2. The second-order valence-corrected chi connectivity index (χ2v) is 20.2. The molecule has 0 aromatic heterocycles. The molecule has 0 aliphatic rings. The van der Waals surface area contributed by atoms with Crippen LogP contribution in [0.3, 0.4) is 0 Å². The SMILES string of the molecule is Cc1ccccc1OP(O)(OCCCOP(O)(Oc1ccccc1C)(c1ccccc1C)c1ccccc1C)(c1ccccc1C)c1ccccc1C. The van der Waals surface area contributed by atoms with E-state index in [0.717, 1.165) is 33.4 Å². The fourth-order valence-electron chi connectivity index (χ4n) is 7.02. The Bertz CT molecular complexity index is 1990. The van der Waals surface area contributed by atoms with E-state index >= 15 is 0 Å². The summed E-state index contributed by atoms with van der Waals surface area (Å²) in [5.74, 6) is 1.06. The fourth-order valence-corrected chi connectivity index (χ4v) is 14.9. The van der Waals surface area contributed by atoms with Crippen molar-refractivity contribution in [1.29, 1.82) is 0 Å². The van der Waals surface area contributed by atoms with Crippen LogP contribution in [0.2, 0.25) is 0 Å². The molecule has 6 aromatic rings. The first-order valence-corrected chi connectivity index (χ1v) is 22.0. The summed E-state index contributed by atoms with van der Waals surface area (Å²) >= 11 is 0. The van der Waals surface area contributed by atoms with E-state index in [2.05, 4.69) is 0 Å². The van der Waals surface area contributed by atoms with E-state index in [1.165, 1.54) is 0 Å². The van der Waals surface area contributed by atoms with Gasteiger partial charge in [-0.2, -0.15) is 0 Å². The Morgan fingerprint density at radius 3 is 0.868 bits per heavy atom. The fraction of sp³-hybridized carbons (Fsp3) is 0.200. The van der Waals surface area contributed by atoms with E-state index in [9.17, 15) is 9.79 Å². The standard InChI is InChI=1S/C45H50O6P2/c1-34-20-7-13-26-40(34)50-52(46,42-28-15-9-22-36(42)3,43-29-16-10-23-37(43)4)48-32-19-33-49-53(47,44-30-17-11-24-38(44)5,45-31-18-12-25-39(45)6)51-41-27-14-8-21-35(41)2/h7-18,20-31,46-47H,19,32-33H2,1-6H3. The molecule has 53 heavy (non-hydrogen) atoms. The predicted octanol–water partition coefficient (Wildman–Crippen LogP) is 9.30. The zero-order valence-electron chi connectivity index (χ0n) is 31.4. The third kappa shape index (κ3) is 7.16. The molecule has 0 atom stereocenters. The Kier molecular flexibility index (Phi) is 11.0. The van der Waals surface area contributed by atoms with E-state index in [0.29, 0.717) is 39.1 Å². The average Bonchev–Trinajstić information content (AvgIpc) is 3.14. The molecule has 0 heterocycles. The summed E-state index contributed by atoms with van der Waals surface area (Å²) in [5.41, 5.74) is 5.09. The molecule has 2 N–H and O–H groups in total. The van der Waals surface area contributed by atoms with E-state index in [4.69, 9.17) is 18.1 Å². The summed E-state index contributed by atoms with van der Waals surface area (Å²) in [6, 6.07) is 46.0. The molecule has 0 aliphatic carbocycles. The van der Waals surface area contributed by atoms with Crippen molar-refractivity contribution in [2.24, 2.45) is 0 Å². The van der Waals surface area contributed by atoms with Crippen LogP contribution in [0.15, 0.2) is 146 Å². The molecule has 6 aromatic carbocycles. The Labute approximate surface area is 314 Å². The molecule has 276 valence electrons. The molecule has 8 heteroatoms. The average molecular weight is 749 g/mol. The molecular weight excluding hydrogens is 698 g/mol. The first-order valence-electron chi connectivity index (χ1n) is 18.0. The number of aryl methyl sites for hydroxylation is 6. The van der Waals surface area contributed by atoms with Crippen LogP contribution in [0, 0.1) is 41.5 Å². The molecular formula is C45H50O6P2. The number of benzene rings is 6. The molecule has 0 unspecified atom stereocenters. The Morgan fingerprint density at radius 2 is 0.604 bits per heavy atom. The summed E-state index contributed by atoms with van der Waals surface area (Å²) < 4.78 is 27.7. The third-order valence-electron chi connectivity index (χ3n) is 9.83. The molecule has 0 saturated carbocycles. The van der Waals surface area contributed by atoms with Crippen molar-refractivity contribution < 1.29 is 27.9 Å². The van der Waals surface area contributed by atoms with E-state index in [-0.39, 0.29) is 13.2 Å². The molecule has 0 spiro atoms. The Hall–Kier alpha value is -4.38. The van der Waals surface area contributed by atoms with Gasteiger partial charge in [0.05, 0.1) is 0 Å². The van der Waals surface area contributed by atoms with Crippen molar-refractivity contribution in [2.45, 2.75) is 48.0 Å². The van der Waals surface area contributed by atoms with Gasteiger partial charge in [0.15, 0.2) is 0 Å². The second-order valence-electron chi connectivity index (χ2n) is 13.7. The van der Waals surface area contributed by atoms with Gasteiger partial charge in [-0.15, -0.1) is 0 Å². The topological polar surface area (TPSA) is 77.4 Å². The number of rotatable bonds is 14. The number of hydrogen-bond acceptors (Lipinski definition) is 6. The molecule has 0 aliphatic heterocycles. The molecule has 6 nitrogen and oxygen atoms in total. The van der Waals surface area contributed by atoms with Gasteiger partial charge in [0.25, 0.3) is 0 Å².